The molecule has 0 aliphatic heterocycles. The highest BCUT2D eigenvalue weighted by atomic mass is 16.5. The number of ether oxygens (including phenoxy) is 1. The number of rotatable bonds is 10. The Morgan fingerprint density at radius 1 is 1.14 bits per heavy atom. The molecule has 0 radical (unpaired) electrons. The van der Waals surface area contributed by atoms with E-state index in [9.17, 15) is 0 Å². The third-order valence-electron chi connectivity index (χ3n) is 3.74. The van der Waals surface area contributed by atoms with E-state index in [1.165, 1.54) is 18.4 Å². The Morgan fingerprint density at radius 3 is 2.67 bits per heavy atom. The molecule has 0 aromatic heterocycles. The standard InChI is InChI=1S/C17H29N3O/c1-19(2)9-10-20(3)11-12-21-17-6-4-5-15(13-17)14-18-16-7-8-16/h4-6,13,16,18H,7-12,14H2,1-3H3. The zero-order valence-electron chi connectivity index (χ0n) is 13.6. The molecule has 4 nitrogen and oxygen atoms in total. The molecule has 0 atom stereocenters. The average molecular weight is 291 g/mol. The van der Waals surface area contributed by atoms with Crippen molar-refractivity contribution in [3.63, 3.8) is 0 Å². The van der Waals surface area contributed by atoms with Crippen LogP contribution in [0.4, 0.5) is 0 Å². The Balaban J connectivity index is 1.66. The molecule has 1 saturated carbocycles. The lowest BCUT2D eigenvalue weighted by Gasteiger charge is -2.19. The quantitative estimate of drug-likeness (QED) is 0.711. The molecule has 0 saturated heterocycles. The third kappa shape index (κ3) is 6.93. The van der Waals surface area contributed by atoms with Crippen LogP contribution in [0.1, 0.15) is 18.4 Å². The predicted octanol–water partition coefficient (Wildman–Crippen LogP) is 1.81. The van der Waals surface area contributed by atoms with Gasteiger partial charge in [0.05, 0.1) is 0 Å². The maximum Gasteiger partial charge on any atom is 0.119 e. The summed E-state index contributed by atoms with van der Waals surface area (Å²) < 4.78 is 5.86. The largest absolute Gasteiger partial charge is 0.492 e. The SMILES string of the molecule is CN(C)CCN(C)CCOc1cccc(CNC2CC2)c1. The van der Waals surface area contributed by atoms with Crippen molar-refractivity contribution in [1.82, 2.24) is 15.1 Å². The highest BCUT2D eigenvalue weighted by molar-refractivity contribution is 5.28. The fourth-order valence-corrected chi connectivity index (χ4v) is 2.10. The van der Waals surface area contributed by atoms with E-state index in [4.69, 9.17) is 4.74 Å². The molecule has 0 heterocycles. The van der Waals surface area contributed by atoms with Crippen LogP contribution in [0.25, 0.3) is 0 Å². The molecular formula is C17H29N3O. The second-order valence-corrected chi connectivity index (χ2v) is 6.26. The maximum atomic E-state index is 5.86. The van der Waals surface area contributed by atoms with Crippen molar-refractivity contribution < 1.29 is 4.74 Å². The molecule has 1 fully saturated rings. The van der Waals surface area contributed by atoms with Gasteiger partial charge < -0.3 is 19.9 Å². The van der Waals surface area contributed by atoms with Gasteiger partial charge in [-0.25, -0.2) is 0 Å². The van der Waals surface area contributed by atoms with Crippen molar-refractivity contribution in [2.24, 2.45) is 0 Å². The first-order valence-corrected chi connectivity index (χ1v) is 7.92. The lowest BCUT2D eigenvalue weighted by atomic mass is 10.2. The summed E-state index contributed by atoms with van der Waals surface area (Å²) in [6.45, 7) is 4.80. The van der Waals surface area contributed by atoms with Gasteiger partial charge in [-0.15, -0.1) is 0 Å². The van der Waals surface area contributed by atoms with Crippen LogP contribution in [0.15, 0.2) is 24.3 Å². The van der Waals surface area contributed by atoms with E-state index >= 15 is 0 Å². The van der Waals surface area contributed by atoms with Crippen LogP contribution >= 0.6 is 0 Å². The molecule has 0 spiro atoms. The van der Waals surface area contributed by atoms with E-state index in [1.54, 1.807) is 0 Å². The van der Waals surface area contributed by atoms with Gasteiger partial charge in [0, 0.05) is 32.2 Å². The molecule has 0 unspecified atom stereocenters. The molecule has 1 aromatic carbocycles. The monoisotopic (exact) mass is 291 g/mol. The van der Waals surface area contributed by atoms with Crippen LogP contribution in [-0.4, -0.2) is 63.2 Å². The summed E-state index contributed by atoms with van der Waals surface area (Å²) in [6, 6.07) is 9.18. The van der Waals surface area contributed by atoms with E-state index in [0.29, 0.717) is 0 Å². The first kappa shape index (κ1) is 16.3. The van der Waals surface area contributed by atoms with Gasteiger partial charge in [-0.05, 0) is 51.7 Å². The average Bonchev–Trinajstić information content (AvgIpc) is 3.28. The minimum Gasteiger partial charge on any atom is -0.492 e. The first-order chi connectivity index (χ1) is 10.1. The fourth-order valence-electron chi connectivity index (χ4n) is 2.10. The zero-order valence-corrected chi connectivity index (χ0v) is 13.6. The molecule has 0 bridgehead atoms. The van der Waals surface area contributed by atoms with Crippen LogP contribution in [0, 0.1) is 0 Å². The second-order valence-electron chi connectivity index (χ2n) is 6.26. The number of hydrogen-bond donors (Lipinski definition) is 1. The van der Waals surface area contributed by atoms with Gasteiger partial charge in [0.25, 0.3) is 0 Å². The third-order valence-corrected chi connectivity index (χ3v) is 3.74. The van der Waals surface area contributed by atoms with E-state index in [0.717, 1.165) is 44.6 Å². The van der Waals surface area contributed by atoms with E-state index < -0.39 is 0 Å². The number of likely N-dealkylation sites (N-methyl/N-ethyl adjacent to an activating group) is 2. The van der Waals surface area contributed by atoms with Crippen molar-refractivity contribution in [1.29, 1.82) is 0 Å². The molecule has 2 rings (SSSR count). The molecule has 21 heavy (non-hydrogen) atoms. The van der Waals surface area contributed by atoms with Crippen molar-refractivity contribution in [3.8, 4) is 5.75 Å². The van der Waals surface area contributed by atoms with Gasteiger partial charge in [-0.1, -0.05) is 12.1 Å². The Kier molecular flexibility index (Phi) is 6.49. The molecular weight excluding hydrogens is 262 g/mol. The maximum absolute atomic E-state index is 5.86. The highest BCUT2D eigenvalue weighted by Crippen LogP contribution is 2.20. The molecule has 4 heteroatoms. The minimum atomic E-state index is 0.740. The summed E-state index contributed by atoms with van der Waals surface area (Å²) in [5.74, 6) is 0.978. The van der Waals surface area contributed by atoms with Gasteiger partial charge >= 0.3 is 0 Å². The second kappa shape index (κ2) is 8.37. The molecule has 0 amide bonds. The van der Waals surface area contributed by atoms with Gasteiger partial charge in [0.2, 0.25) is 0 Å². The lowest BCUT2D eigenvalue weighted by Crippen LogP contribution is -2.31. The normalized spacial score (nSPS) is 14.9. The first-order valence-electron chi connectivity index (χ1n) is 7.92. The number of hydrogen-bond acceptors (Lipinski definition) is 4. The summed E-state index contributed by atoms with van der Waals surface area (Å²) in [5.41, 5.74) is 1.31. The zero-order chi connectivity index (χ0) is 15.1. The summed E-state index contributed by atoms with van der Waals surface area (Å²) in [7, 11) is 6.35. The van der Waals surface area contributed by atoms with Gasteiger partial charge in [-0.2, -0.15) is 0 Å². The van der Waals surface area contributed by atoms with E-state index in [2.05, 4.69) is 54.5 Å². The van der Waals surface area contributed by atoms with Crippen molar-refractivity contribution in [2.75, 3.05) is 47.4 Å². The van der Waals surface area contributed by atoms with E-state index in [-0.39, 0.29) is 0 Å². The summed E-state index contributed by atoms with van der Waals surface area (Å²) in [4.78, 5) is 4.51. The van der Waals surface area contributed by atoms with Crippen LogP contribution < -0.4 is 10.1 Å². The fraction of sp³-hybridized carbons (Fsp3) is 0.647. The molecule has 1 N–H and O–H groups in total. The summed E-state index contributed by atoms with van der Waals surface area (Å²) >= 11 is 0. The molecule has 1 aliphatic carbocycles. The Labute approximate surface area is 129 Å². The molecule has 1 aromatic rings. The molecule has 1 aliphatic rings. The smallest absolute Gasteiger partial charge is 0.119 e. The van der Waals surface area contributed by atoms with Crippen molar-refractivity contribution in [2.45, 2.75) is 25.4 Å². The minimum absolute atomic E-state index is 0.740. The lowest BCUT2D eigenvalue weighted by molar-refractivity contribution is 0.222. The topological polar surface area (TPSA) is 27.7 Å². The van der Waals surface area contributed by atoms with Crippen LogP contribution in [0.5, 0.6) is 5.75 Å². The highest BCUT2D eigenvalue weighted by Gasteiger charge is 2.19. The van der Waals surface area contributed by atoms with Crippen LogP contribution in [0.3, 0.4) is 0 Å². The predicted molar refractivity (Wildman–Crippen MR) is 87.8 cm³/mol. The van der Waals surface area contributed by atoms with Crippen molar-refractivity contribution in [3.05, 3.63) is 29.8 Å². The number of nitrogens with one attached hydrogen (secondary N) is 1. The summed E-state index contributed by atoms with van der Waals surface area (Å²) in [6.07, 6.45) is 2.66. The number of nitrogens with zero attached hydrogens (tertiary/aromatic N) is 2. The van der Waals surface area contributed by atoms with Gasteiger partial charge in [-0.3, -0.25) is 0 Å². The Bertz CT molecular complexity index is 418. The van der Waals surface area contributed by atoms with Crippen molar-refractivity contribution >= 4 is 0 Å². The van der Waals surface area contributed by atoms with E-state index in [1.807, 2.05) is 6.07 Å². The van der Waals surface area contributed by atoms with Gasteiger partial charge in [0.15, 0.2) is 0 Å². The van der Waals surface area contributed by atoms with Crippen LogP contribution in [-0.2, 0) is 6.54 Å². The van der Waals surface area contributed by atoms with Crippen LogP contribution in [0.2, 0.25) is 0 Å². The number of benzene rings is 1. The van der Waals surface area contributed by atoms with Gasteiger partial charge in [0.1, 0.15) is 12.4 Å². The molecule has 118 valence electrons. The Morgan fingerprint density at radius 2 is 1.95 bits per heavy atom. The Hall–Kier alpha value is -1.10. The summed E-state index contributed by atoms with van der Waals surface area (Å²) in [5, 5.41) is 3.53.